The van der Waals surface area contributed by atoms with Gasteiger partial charge in [-0.25, -0.2) is 0 Å². The number of amides is 1. The van der Waals surface area contributed by atoms with Crippen LogP contribution in [0.4, 0.5) is 5.69 Å². The van der Waals surface area contributed by atoms with Crippen molar-refractivity contribution in [2.45, 2.75) is 18.9 Å². The van der Waals surface area contributed by atoms with Gasteiger partial charge in [-0.2, -0.15) is 0 Å². The fraction of sp³-hybridized carbons (Fsp3) is 0.417. The van der Waals surface area contributed by atoms with Gasteiger partial charge in [0.15, 0.2) is 0 Å². The number of halogens is 1. The van der Waals surface area contributed by atoms with Crippen LogP contribution in [-0.4, -0.2) is 35.1 Å². The molecule has 1 amide bonds. The van der Waals surface area contributed by atoms with E-state index in [0.29, 0.717) is 22.8 Å². The van der Waals surface area contributed by atoms with Crippen molar-refractivity contribution in [2.24, 2.45) is 0 Å². The lowest BCUT2D eigenvalue weighted by molar-refractivity contribution is 0.0678. The van der Waals surface area contributed by atoms with Gasteiger partial charge in [-0.05, 0) is 31.0 Å². The molecule has 1 aliphatic rings. The number of nitrogens with two attached hydrogens (primary N) is 1. The molecule has 1 aliphatic heterocycles. The van der Waals surface area contributed by atoms with Crippen molar-refractivity contribution in [1.29, 1.82) is 0 Å². The predicted molar refractivity (Wildman–Crippen MR) is 67.0 cm³/mol. The number of benzene rings is 1. The predicted octanol–water partition coefficient (Wildman–Crippen LogP) is 1.52. The van der Waals surface area contributed by atoms with Gasteiger partial charge >= 0.3 is 0 Å². The summed E-state index contributed by atoms with van der Waals surface area (Å²) in [6, 6.07) is 4.76. The second-order valence-corrected chi connectivity index (χ2v) is 4.62. The maximum absolute atomic E-state index is 12.3. The number of aliphatic hydroxyl groups is 1. The number of anilines is 1. The van der Waals surface area contributed by atoms with E-state index in [1.165, 1.54) is 0 Å². The molecule has 92 valence electrons. The van der Waals surface area contributed by atoms with Gasteiger partial charge in [0.05, 0.1) is 23.2 Å². The molecule has 17 heavy (non-hydrogen) atoms. The molecule has 4 nitrogen and oxygen atoms in total. The van der Waals surface area contributed by atoms with E-state index in [2.05, 4.69) is 0 Å². The highest BCUT2D eigenvalue weighted by molar-refractivity contribution is 6.34. The quantitative estimate of drug-likeness (QED) is 0.787. The van der Waals surface area contributed by atoms with Crippen LogP contribution in [0.15, 0.2) is 18.2 Å². The molecule has 5 heteroatoms. The van der Waals surface area contributed by atoms with E-state index in [1.54, 1.807) is 23.1 Å². The Bertz CT molecular complexity index is 437. The smallest absolute Gasteiger partial charge is 0.255 e. The van der Waals surface area contributed by atoms with Crippen molar-refractivity contribution >= 4 is 23.2 Å². The number of nitrogens with zero attached hydrogens (tertiary/aromatic N) is 1. The van der Waals surface area contributed by atoms with Crippen LogP contribution in [0.5, 0.6) is 0 Å². The Kier molecular flexibility index (Phi) is 3.54. The lowest BCUT2D eigenvalue weighted by Crippen LogP contribution is -2.37. The third kappa shape index (κ3) is 2.37. The second kappa shape index (κ2) is 4.94. The summed E-state index contributed by atoms with van der Waals surface area (Å²) in [6.07, 6.45) is 1.75. The van der Waals surface area contributed by atoms with Gasteiger partial charge in [0.2, 0.25) is 0 Å². The Balaban J connectivity index is 2.27. The molecule has 1 aromatic rings. The fourth-order valence-corrected chi connectivity index (χ4v) is 2.35. The standard InChI is InChI=1S/C12H15ClN2O2/c13-11-4-3-8(14)6-10(11)12(17)15-5-1-2-9(15)7-16/h3-4,6,9,16H,1-2,5,7,14H2/t9-/m1/s1. The number of likely N-dealkylation sites (tertiary alicyclic amines) is 1. The maximum Gasteiger partial charge on any atom is 0.255 e. The first kappa shape index (κ1) is 12.2. The van der Waals surface area contributed by atoms with Gasteiger partial charge in [0, 0.05) is 12.2 Å². The van der Waals surface area contributed by atoms with E-state index in [9.17, 15) is 9.90 Å². The average molecular weight is 255 g/mol. The van der Waals surface area contributed by atoms with Crippen molar-refractivity contribution < 1.29 is 9.90 Å². The summed E-state index contributed by atoms with van der Waals surface area (Å²) in [5.41, 5.74) is 6.57. The highest BCUT2D eigenvalue weighted by atomic mass is 35.5. The minimum atomic E-state index is -0.154. The lowest BCUT2D eigenvalue weighted by Gasteiger charge is -2.23. The SMILES string of the molecule is Nc1ccc(Cl)c(C(=O)N2CCC[C@@H]2CO)c1. The van der Waals surface area contributed by atoms with Gasteiger partial charge < -0.3 is 15.7 Å². The molecule has 1 atom stereocenters. The minimum absolute atomic E-state index is 0.00826. The van der Waals surface area contributed by atoms with E-state index in [4.69, 9.17) is 17.3 Å². The van der Waals surface area contributed by atoms with Gasteiger partial charge in [0.1, 0.15) is 0 Å². The zero-order chi connectivity index (χ0) is 12.4. The van der Waals surface area contributed by atoms with Gasteiger partial charge in [-0.15, -0.1) is 0 Å². The van der Waals surface area contributed by atoms with Crippen LogP contribution < -0.4 is 5.73 Å². The van der Waals surface area contributed by atoms with Crippen LogP contribution in [0.2, 0.25) is 5.02 Å². The molecule has 0 saturated carbocycles. The van der Waals surface area contributed by atoms with Gasteiger partial charge in [-0.1, -0.05) is 11.6 Å². The molecule has 0 aromatic heterocycles. The summed E-state index contributed by atoms with van der Waals surface area (Å²) in [5, 5.41) is 9.60. The number of nitrogen functional groups attached to an aromatic ring is 1. The lowest BCUT2D eigenvalue weighted by atomic mass is 10.1. The highest BCUT2D eigenvalue weighted by Crippen LogP contribution is 2.25. The Morgan fingerprint density at radius 1 is 1.59 bits per heavy atom. The number of carbonyl (C=O) groups is 1. The van der Waals surface area contributed by atoms with Crippen molar-refractivity contribution in [3.05, 3.63) is 28.8 Å². The molecule has 1 fully saturated rings. The number of hydrogen-bond donors (Lipinski definition) is 2. The van der Waals surface area contributed by atoms with Crippen molar-refractivity contribution in [3.8, 4) is 0 Å². The van der Waals surface area contributed by atoms with Crippen molar-refractivity contribution in [1.82, 2.24) is 4.90 Å². The first-order valence-corrected chi connectivity index (χ1v) is 5.98. The number of rotatable bonds is 2. The Morgan fingerprint density at radius 2 is 2.35 bits per heavy atom. The third-order valence-electron chi connectivity index (χ3n) is 3.07. The maximum atomic E-state index is 12.3. The van der Waals surface area contributed by atoms with Crippen LogP contribution in [0.3, 0.4) is 0 Å². The molecule has 0 radical (unpaired) electrons. The number of carbonyl (C=O) groups excluding carboxylic acids is 1. The minimum Gasteiger partial charge on any atom is -0.399 e. The van der Waals surface area contributed by atoms with Crippen LogP contribution >= 0.6 is 11.6 Å². The van der Waals surface area contributed by atoms with E-state index in [1.807, 2.05) is 0 Å². The molecular weight excluding hydrogens is 240 g/mol. The van der Waals surface area contributed by atoms with E-state index in [-0.39, 0.29) is 18.6 Å². The van der Waals surface area contributed by atoms with Crippen molar-refractivity contribution in [3.63, 3.8) is 0 Å². The molecule has 0 bridgehead atoms. The molecule has 1 saturated heterocycles. The van der Waals surface area contributed by atoms with E-state index >= 15 is 0 Å². The Hall–Kier alpha value is -1.26. The van der Waals surface area contributed by atoms with E-state index < -0.39 is 0 Å². The Morgan fingerprint density at radius 3 is 3.06 bits per heavy atom. The fourth-order valence-electron chi connectivity index (χ4n) is 2.15. The molecule has 2 rings (SSSR count). The van der Waals surface area contributed by atoms with Crippen LogP contribution in [0, 0.1) is 0 Å². The summed E-state index contributed by atoms with van der Waals surface area (Å²) in [6.45, 7) is 0.654. The van der Waals surface area contributed by atoms with Gasteiger partial charge in [0.25, 0.3) is 5.91 Å². The summed E-state index contributed by atoms with van der Waals surface area (Å²) < 4.78 is 0. The third-order valence-corrected chi connectivity index (χ3v) is 3.40. The second-order valence-electron chi connectivity index (χ2n) is 4.22. The monoisotopic (exact) mass is 254 g/mol. The zero-order valence-corrected chi connectivity index (χ0v) is 10.2. The largest absolute Gasteiger partial charge is 0.399 e. The molecule has 0 unspecified atom stereocenters. The number of hydrogen-bond acceptors (Lipinski definition) is 3. The van der Waals surface area contributed by atoms with E-state index in [0.717, 1.165) is 12.8 Å². The highest BCUT2D eigenvalue weighted by Gasteiger charge is 2.29. The van der Waals surface area contributed by atoms with Crippen LogP contribution in [0.25, 0.3) is 0 Å². The first-order valence-electron chi connectivity index (χ1n) is 5.60. The normalized spacial score (nSPS) is 19.6. The van der Waals surface area contributed by atoms with Crippen LogP contribution in [-0.2, 0) is 0 Å². The Labute approximate surface area is 105 Å². The first-order chi connectivity index (χ1) is 8.13. The van der Waals surface area contributed by atoms with Crippen molar-refractivity contribution in [2.75, 3.05) is 18.9 Å². The van der Waals surface area contributed by atoms with Crippen LogP contribution in [0.1, 0.15) is 23.2 Å². The summed E-state index contributed by atoms with van der Waals surface area (Å²) >= 11 is 5.99. The molecule has 1 aromatic carbocycles. The van der Waals surface area contributed by atoms with Gasteiger partial charge in [-0.3, -0.25) is 4.79 Å². The molecule has 0 spiro atoms. The molecule has 0 aliphatic carbocycles. The molecular formula is C12H15ClN2O2. The zero-order valence-electron chi connectivity index (χ0n) is 9.40. The number of aliphatic hydroxyl groups excluding tert-OH is 1. The molecule has 3 N–H and O–H groups in total. The summed E-state index contributed by atoms with van der Waals surface area (Å²) in [4.78, 5) is 13.9. The average Bonchev–Trinajstić information content (AvgIpc) is 2.79. The summed E-state index contributed by atoms with van der Waals surface area (Å²) in [7, 11) is 0. The summed E-state index contributed by atoms with van der Waals surface area (Å²) in [5.74, 6) is -0.154. The topological polar surface area (TPSA) is 66.6 Å². The molecule has 1 heterocycles.